The quantitative estimate of drug-likeness (QED) is 0.576. The molecule has 3 aromatic rings. The summed E-state index contributed by atoms with van der Waals surface area (Å²) in [5.74, 6) is 0.985. The minimum absolute atomic E-state index is 0.0775. The van der Waals surface area contributed by atoms with Crippen LogP contribution in [-0.4, -0.2) is 51.4 Å². The van der Waals surface area contributed by atoms with Crippen LogP contribution in [0.1, 0.15) is 25.0 Å². The Morgan fingerprint density at radius 1 is 1.18 bits per heavy atom. The third kappa shape index (κ3) is 3.33. The SMILES string of the molecule is Cc1nc2cccc3nc(SCCC4CCN(S(=O)(=O)C(F)(F)F)CC4)c1n23. The Morgan fingerprint density at radius 2 is 1.82 bits per heavy atom. The summed E-state index contributed by atoms with van der Waals surface area (Å²) in [6.45, 7) is 1.79. The molecule has 4 rings (SSSR count). The minimum atomic E-state index is -5.22. The van der Waals surface area contributed by atoms with Gasteiger partial charge in [0.05, 0.1) is 5.69 Å². The molecule has 1 aliphatic heterocycles. The van der Waals surface area contributed by atoms with Gasteiger partial charge in [0.1, 0.15) is 21.8 Å². The molecule has 0 spiro atoms. The molecular formula is C17H19F3N4O2S2. The molecule has 0 aromatic carbocycles. The van der Waals surface area contributed by atoms with Gasteiger partial charge in [-0.25, -0.2) is 18.4 Å². The Hall–Kier alpha value is -1.59. The van der Waals surface area contributed by atoms with Gasteiger partial charge in [-0.05, 0) is 50.0 Å². The summed E-state index contributed by atoms with van der Waals surface area (Å²) >= 11 is 1.61. The second-order valence-electron chi connectivity index (χ2n) is 6.97. The van der Waals surface area contributed by atoms with E-state index in [4.69, 9.17) is 0 Å². The fourth-order valence-electron chi connectivity index (χ4n) is 3.69. The maximum Gasteiger partial charge on any atom is 0.511 e. The van der Waals surface area contributed by atoms with Crippen molar-refractivity contribution in [3.05, 3.63) is 23.9 Å². The number of aromatic nitrogens is 3. The van der Waals surface area contributed by atoms with E-state index < -0.39 is 15.5 Å². The summed E-state index contributed by atoms with van der Waals surface area (Å²) in [5, 5.41) is 0.906. The Morgan fingerprint density at radius 3 is 2.46 bits per heavy atom. The summed E-state index contributed by atoms with van der Waals surface area (Å²) in [5.41, 5.74) is -1.59. The molecule has 0 unspecified atom stereocenters. The number of halogens is 3. The Kier molecular flexibility index (Phi) is 4.95. The molecule has 0 bridgehead atoms. The van der Waals surface area contributed by atoms with E-state index in [2.05, 4.69) is 9.97 Å². The lowest BCUT2D eigenvalue weighted by molar-refractivity contribution is -0.0496. The van der Waals surface area contributed by atoms with Crippen LogP contribution in [-0.2, 0) is 10.0 Å². The highest BCUT2D eigenvalue weighted by molar-refractivity contribution is 7.99. The lowest BCUT2D eigenvalue weighted by Gasteiger charge is -2.31. The van der Waals surface area contributed by atoms with Gasteiger partial charge in [-0.2, -0.15) is 17.5 Å². The molecule has 1 saturated heterocycles. The smallest absolute Gasteiger partial charge is 0.274 e. The number of hydrogen-bond donors (Lipinski definition) is 0. The molecule has 3 aromatic heterocycles. The van der Waals surface area contributed by atoms with Gasteiger partial charge in [0.25, 0.3) is 0 Å². The number of piperidine rings is 1. The van der Waals surface area contributed by atoms with E-state index >= 15 is 0 Å². The zero-order valence-electron chi connectivity index (χ0n) is 15.1. The van der Waals surface area contributed by atoms with Crippen molar-refractivity contribution >= 4 is 38.6 Å². The maximum absolute atomic E-state index is 12.6. The summed E-state index contributed by atoms with van der Waals surface area (Å²) in [6, 6.07) is 5.79. The van der Waals surface area contributed by atoms with Gasteiger partial charge < -0.3 is 0 Å². The number of sulfonamides is 1. The van der Waals surface area contributed by atoms with Crippen LogP contribution < -0.4 is 0 Å². The molecule has 0 N–H and O–H groups in total. The van der Waals surface area contributed by atoms with Crippen LogP contribution in [0.2, 0.25) is 0 Å². The molecule has 1 fully saturated rings. The van der Waals surface area contributed by atoms with E-state index in [1.807, 2.05) is 29.5 Å². The highest BCUT2D eigenvalue weighted by Crippen LogP contribution is 2.34. The van der Waals surface area contributed by atoms with E-state index in [1.165, 1.54) is 0 Å². The molecule has 6 nitrogen and oxygen atoms in total. The molecule has 0 aliphatic carbocycles. The van der Waals surface area contributed by atoms with Crippen LogP contribution in [0.3, 0.4) is 0 Å². The van der Waals surface area contributed by atoms with Crippen LogP contribution in [0, 0.1) is 12.8 Å². The highest BCUT2D eigenvalue weighted by Gasteiger charge is 2.50. The van der Waals surface area contributed by atoms with Gasteiger partial charge in [-0.3, -0.25) is 4.40 Å². The van der Waals surface area contributed by atoms with Gasteiger partial charge in [0.2, 0.25) is 0 Å². The van der Waals surface area contributed by atoms with Gasteiger partial charge in [0.15, 0.2) is 0 Å². The van der Waals surface area contributed by atoms with Crippen molar-refractivity contribution in [3.63, 3.8) is 0 Å². The van der Waals surface area contributed by atoms with Crippen molar-refractivity contribution in [2.45, 2.75) is 36.7 Å². The third-order valence-electron chi connectivity index (χ3n) is 5.19. The fraction of sp³-hybridized carbons (Fsp3) is 0.529. The van der Waals surface area contributed by atoms with Crippen molar-refractivity contribution in [1.82, 2.24) is 18.7 Å². The Labute approximate surface area is 164 Å². The van der Waals surface area contributed by atoms with E-state index in [0.717, 1.165) is 39.7 Å². The van der Waals surface area contributed by atoms with E-state index in [0.29, 0.717) is 17.1 Å². The molecule has 11 heteroatoms. The minimum Gasteiger partial charge on any atom is -0.274 e. The maximum atomic E-state index is 12.6. The lowest BCUT2D eigenvalue weighted by Crippen LogP contribution is -2.44. The van der Waals surface area contributed by atoms with Crippen molar-refractivity contribution in [2.24, 2.45) is 5.92 Å². The second-order valence-corrected chi connectivity index (χ2v) is 9.98. The number of aryl methyl sites for hydroxylation is 1. The second kappa shape index (κ2) is 7.03. The first-order chi connectivity index (χ1) is 13.2. The first-order valence-electron chi connectivity index (χ1n) is 8.95. The predicted octanol–water partition coefficient (Wildman–Crippen LogP) is 3.67. The summed E-state index contributed by atoms with van der Waals surface area (Å²) in [4.78, 5) is 9.20. The van der Waals surface area contributed by atoms with Crippen LogP contribution in [0.4, 0.5) is 13.2 Å². The van der Waals surface area contributed by atoms with Gasteiger partial charge >= 0.3 is 15.5 Å². The van der Waals surface area contributed by atoms with Gasteiger partial charge in [0, 0.05) is 13.1 Å². The Bertz CT molecular complexity index is 1090. The first-order valence-corrected chi connectivity index (χ1v) is 11.4. The summed E-state index contributed by atoms with van der Waals surface area (Å²) < 4.78 is 63.5. The highest BCUT2D eigenvalue weighted by atomic mass is 32.2. The number of thioether (sulfide) groups is 1. The van der Waals surface area contributed by atoms with Crippen molar-refractivity contribution in [1.29, 1.82) is 0 Å². The van der Waals surface area contributed by atoms with E-state index in [9.17, 15) is 21.6 Å². The molecule has 4 heterocycles. The Balaban J connectivity index is 1.35. The van der Waals surface area contributed by atoms with E-state index in [1.54, 1.807) is 11.8 Å². The van der Waals surface area contributed by atoms with Crippen LogP contribution >= 0.6 is 11.8 Å². The van der Waals surface area contributed by atoms with Crippen molar-refractivity contribution < 1.29 is 21.6 Å². The van der Waals surface area contributed by atoms with Crippen LogP contribution in [0.15, 0.2) is 23.2 Å². The normalized spacial score (nSPS) is 17.9. The average Bonchev–Trinajstić information content (AvgIpc) is 3.17. The zero-order valence-corrected chi connectivity index (χ0v) is 16.7. The number of rotatable bonds is 5. The number of alkyl halides is 3. The van der Waals surface area contributed by atoms with Gasteiger partial charge in [-0.1, -0.05) is 6.07 Å². The molecule has 0 amide bonds. The zero-order chi connectivity index (χ0) is 20.1. The number of pyridine rings is 1. The van der Waals surface area contributed by atoms with Crippen LogP contribution in [0.5, 0.6) is 0 Å². The van der Waals surface area contributed by atoms with E-state index in [-0.39, 0.29) is 19.0 Å². The van der Waals surface area contributed by atoms with Crippen molar-refractivity contribution in [3.8, 4) is 0 Å². The number of hydrogen-bond acceptors (Lipinski definition) is 5. The molecular weight excluding hydrogens is 413 g/mol. The molecule has 1 aliphatic rings. The molecule has 0 atom stereocenters. The third-order valence-corrected chi connectivity index (χ3v) is 7.81. The largest absolute Gasteiger partial charge is 0.511 e. The predicted molar refractivity (Wildman–Crippen MR) is 101 cm³/mol. The summed E-state index contributed by atoms with van der Waals surface area (Å²) in [7, 11) is -5.21. The van der Waals surface area contributed by atoms with Gasteiger partial charge in [-0.15, -0.1) is 11.8 Å². The standard InChI is InChI=1S/C17H19F3N4O2S2/c1-11-15-16(22-14-4-2-3-13(21-11)24(14)15)27-10-7-12-5-8-23(9-6-12)28(25,26)17(18,19)20/h2-4,12H,5-10H2,1H3. The number of nitrogens with zero attached hydrogens (tertiary/aromatic N) is 4. The van der Waals surface area contributed by atoms with Crippen LogP contribution in [0.25, 0.3) is 16.8 Å². The molecule has 152 valence electrons. The average molecular weight is 432 g/mol. The molecule has 0 saturated carbocycles. The fourth-order valence-corrected chi connectivity index (χ4v) is 5.85. The van der Waals surface area contributed by atoms with Crippen molar-refractivity contribution in [2.75, 3.05) is 18.8 Å². The number of imidazole rings is 2. The molecule has 28 heavy (non-hydrogen) atoms. The summed E-state index contributed by atoms with van der Waals surface area (Å²) in [6.07, 6.45) is 1.69. The lowest BCUT2D eigenvalue weighted by atomic mass is 9.96. The monoisotopic (exact) mass is 432 g/mol. The topological polar surface area (TPSA) is 67.6 Å². The first kappa shape index (κ1) is 19.7. The molecule has 0 radical (unpaired) electrons.